The zero-order valence-corrected chi connectivity index (χ0v) is 12.0. The minimum absolute atomic E-state index is 0.383. The Bertz CT molecular complexity index is 353. The van der Waals surface area contributed by atoms with Crippen LogP contribution in [-0.4, -0.2) is 36.5 Å². The summed E-state index contributed by atoms with van der Waals surface area (Å²) in [6.07, 6.45) is 6.87. The van der Waals surface area contributed by atoms with E-state index in [1.54, 1.807) is 0 Å². The summed E-state index contributed by atoms with van der Waals surface area (Å²) in [7, 11) is 0. The second kappa shape index (κ2) is 4.47. The van der Waals surface area contributed by atoms with Gasteiger partial charge in [0.25, 0.3) is 0 Å². The molecular weight excluding hydrogens is 236 g/mol. The Morgan fingerprint density at radius 3 is 2.26 bits per heavy atom. The van der Waals surface area contributed by atoms with Crippen molar-refractivity contribution in [3.8, 4) is 0 Å². The predicted octanol–water partition coefficient (Wildman–Crippen LogP) is 1.88. The second-order valence-corrected chi connectivity index (χ2v) is 7.54. The van der Waals surface area contributed by atoms with Gasteiger partial charge >= 0.3 is 0 Å². The molecule has 19 heavy (non-hydrogen) atoms. The van der Waals surface area contributed by atoms with Crippen molar-refractivity contribution >= 4 is 5.91 Å². The molecule has 4 aliphatic carbocycles. The highest BCUT2D eigenvalue weighted by molar-refractivity contribution is 5.80. The molecule has 4 bridgehead atoms. The zero-order valence-electron chi connectivity index (χ0n) is 12.0. The average molecular weight is 262 g/mol. The maximum absolute atomic E-state index is 13.0. The Morgan fingerprint density at radius 2 is 1.68 bits per heavy atom. The predicted molar refractivity (Wildman–Crippen MR) is 74.6 cm³/mol. The summed E-state index contributed by atoms with van der Waals surface area (Å²) < 4.78 is 0. The fourth-order valence-corrected chi connectivity index (χ4v) is 5.69. The van der Waals surface area contributed by atoms with Gasteiger partial charge in [0.05, 0.1) is 0 Å². The fraction of sp³-hybridized carbons (Fsp3) is 0.938. The van der Waals surface area contributed by atoms with Gasteiger partial charge in [0.1, 0.15) is 0 Å². The zero-order chi connectivity index (χ0) is 13.0. The molecule has 0 aromatic carbocycles. The van der Waals surface area contributed by atoms with E-state index in [1.165, 1.54) is 32.1 Å². The molecule has 1 heterocycles. The molecule has 5 rings (SSSR count). The van der Waals surface area contributed by atoms with Gasteiger partial charge in [0.2, 0.25) is 5.91 Å². The minimum Gasteiger partial charge on any atom is -0.337 e. The van der Waals surface area contributed by atoms with Crippen LogP contribution in [-0.2, 0) is 4.79 Å². The first kappa shape index (κ1) is 12.2. The molecule has 1 saturated heterocycles. The lowest BCUT2D eigenvalue weighted by Crippen LogP contribution is -2.58. The molecule has 3 nitrogen and oxygen atoms in total. The van der Waals surface area contributed by atoms with E-state index in [0.717, 1.165) is 43.3 Å². The maximum Gasteiger partial charge on any atom is 0.226 e. The van der Waals surface area contributed by atoms with Gasteiger partial charge < -0.3 is 10.2 Å². The summed E-state index contributed by atoms with van der Waals surface area (Å²) >= 11 is 0. The van der Waals surface area contributed by atoms with Crippen molar-refractivity contribution in [3.05, 3.63) is 0 Å². The van der Waals surface area contributed by atoms with Crippen molar-refractivity contribution in [2.75, 3.05) is 19.6 Å². The third kappa shape index (κ3) is 1.93. The van der Waals surface area contributed by atoms with Gasteiger partial charge in [-0.3, -0.25) is 4.79 Å². The molecule has 0 aromatic rings. The van der Waals surface area contributed by atoms with Crippen molar-refractivity contribution < 1.29 is 4.79 Å². The van der Waals surface area contributed by atoms with Gasteiger partial charge in [0, 0.05) is 31.6 Å². The standard InChI is InChI=1S/C16H26N2O/c1-10-9-17-2-3-18(10)16(19)15-13-5-11-4-12(7-13)8-14(15)6-11/h10-15,17H,2-9H2,1H3/t10-,11?,12?,13?,14?,15?/m0/s1. The lowest BCUT2D eigenvalue weighted by molar-refractivity contribution is -0.151. The van der Waals surface area contributed by atoms with Gasteiger partial charge in [0.15, 0.2) is 0 Å². The minimum atomic E-state index is 0.383. The van der Waals surface area contributed by atoms with Crippen LogP contribution >= 0.6 is 0 Å². The quantitative estimate of drug-likeness (QED) is 0.782. The number of piperazine rings is 1. The number of rotatable bonds is 1. The van der Waals surface area contributed by atoms with Crippen LogP contribution in [0.2, 0.25) is 0 Å². The van der Waals surface area contributed by atoms with Crippen LogP contribution in [0.15, 0.2) is 0 Å². The van der Waals surface area contributed by atoms with Crippen LogP contribution in [0.3, 0.4) is 0 Å². The number of carbonyl (C=O) groups is 1. The Balaban J connectivity index is 1.53. The summed E-state index contributed by atoms with van der Waals surface area (Å²) in [4.78, 5) is 15.2. The lowest BCUT2D eigenvalue weighted by atomic mass is 9.51. The number of hydrogen-bond acceptors (Lipinski definition) is 2. The number of amides is 1. The maximum atomic E-state index is 13.0. The van der Waals surface area contributed by atoms with Crippen LogP contribution < -0.4 is 5.32 Å². The molecule has 106 valence electrons. The molecule has 0 aromatic heterocycles. The second-order valence-electron chi connectivity index (χ2n) is 7.54. The molecule has 1 atom stereocenters. The Morgan fingerprint density at radius 1 is 1.05 bits per heavy atom. The highest BCUT2D eigenvalue weighted by Crippen LogP contribution is 2.56. The van der Waals surface area contributed by atoms with Gasteiger partial charge in [-0.25, -0.2) is 0 Å². The van der Waals surface area contributed by atoms with E-state index in [1.807, 2.05) is 0 Å². The van der Waals surface area contributed by atoms with E-state index in [9.17, 15) is 4.79 Å². The van der Waals surface area contributed by atoms with Crippen molar-refractivity contribution in [2.45, 2.75) is 45.1 Å². The van der Waals surface area contributed by atoms with Crippen molar-refractivity contribution in [1.29, 1.82) is 0 Å². The monoisotopic (exact) mass is 262 g/mol. The molecule has 5 aliphatic rings. The largest absolute Gasteiger partial charge is 0.337 e. The highest BCUT2D eigenvalue weighted by Gasteiger charge is 2.51. The smallest absolute Gasteiger partial charge is 0.226 e. The Hall–Kier alpha value is -0.570. The molecule has 3 heteroatoms. The number of nitrogens with zero attached hydrogens (tertiary/aromatic N) is 1. The summed E-state index contributed by atoms with van der Waals surface area (Å²) in [5.41, 5.74) is 0. The fourth-order valence-electron chi connectivity index (χ4n) is 5.69. The summed E-state index contributed by atoms with van der Waals surface area (Å²) in [5.74, 6) is 4.27. The SMILES string of the molecule is C[C@H]1CNCCN1C(=O)C1C2CC3CC(C2)CC1C3. The summed E-state index contributed by atoms with van der Waals surface area (Å²) in [6.45, 7) is 5.06. The van der Waals surface area contributed by atoms with E-state index >= 15 is 0 Å². The van der Waals surface area contributed by atoms with Gasteiger partial charge in [-0.1, -0.05) is 0 Å². The van der Waals surface area contributed by atoms with Gasteiger partial charge in [-0.05, 0) is 62.7 Å². The number of carbonyl (C=O) groups excluding carboxylic acids is 1. The molecule has 4 saturated carbocycles. The third-order valence-electron chi connectivity index (χ3n) is 6.30. The summed E-state index contributed by atoms with van der Waals surface area (Å²) in [6, 6.07) is 0.387. The van der Waals surface area contributed by atoms with E-state index < -0.39 is 0 Å². The first-order valence-corrected chi connectivity index (χ1v) is 8.23. The van der Waals surface area contributed by atoms with Crippen LogP contribution in [0.5, 0.6) is 0 Å². The molecule has 1 N–H and O–H groups in total. The number of nitrogens with one attached hydrogen (secondary N) is 1. The van der Waals surface area contributed by atoms with E-state index in [0.29, 0.717) is 17.9 Å². The first-order valence-electron chi connectivity index (χ1n) is 8.23. The Kier molecular flexibility index (Phi) is 2.87. The van der Waals surface area contributed by atoms with E-state index in [2.05, 4.69) is 17.1 Å². The molecule has 5 fully saturated rings. The molecule has 0 spiro atoms. The topological polar surface area (TPSA) is 32.3 Å². The molecule has 0 radical (unpaired) electrons. The van der Waals surface area contributed by atoms with Gasteiger partial charge in [-0.2, -0.15) is 0 Å². The molecule has 0 unspecified atom stereocenters. The average Bonchev–Trinajstić information content (AvgIpc) is 2.37. The third-order valence-corrected chi connectivity index (χ3v) is 6.30. The highest BCUT2D eigenvalue weighted by atomic mass is 16.2. The normalized spacial score (nSPS) is 48.6. The van der Waals surface area contributed by atoms with Crippen molar-refractivity contribution in [2.24, 2.45) is 29.6 Å². The Labute approximate surface area is 116 Å². The number of hydrogen-bond donors (Lipinski definition) is 1. The summed E-state index contributed by atoms with van der Waals surface area (Å²) in [5, 5.41) is 3.39. The van der Waals surface area contributed by atoms with Gasteiger partial charge in [-0.15, -0.1) is 0 Å². The molecular formula is C16H26N2O. The van der Waals surface area contributed by atoms with E-state index in [4.69, 9.17) is 0 Å². The van der Waals surface area contributed by atoms with Crippen molar-refractivity contribution in [1.82, 2.24) is 10.2 Å². The van der Waals surface area contributed by atoms with Crippen LogP contribution in [0.1, 0.15) is 39.0 Å². The van der Waals surface area contributed by atoms with Crippen LogP contribution in [0, 0.1) is 29.6 Å². The first-order chi connectivity index (χ1) is 9.22. The lowest BCUT2D eigenvalue weighted by Gasteiger charge is -2.55. The van der Waals surface area contributed by atoms with Crippen LogP contribution in [0.25, 0.3) is 0 Å². The van der Waals surface area contributed by atoms with Crippen LogP contribution in [0.4, 0.5) is 0 Å². The van der Waals surface area contributed by atoms with Crippen molar-refractivity contribution in [3.63, 3.8) is 0 Å². The molecule has 1 amide bonds. The molecule has 1 aliphatic heterocycles. The van der Waals surface area contributed by atoms with E-state index in [-0.39, 0.29) is 0 Å².